The molecular formula is C22H22ClF3N2O2. The molecule has 0 aliphatic carbocycles. The van der Waals surface area contributed by atoms with E-state index in [-0.39, 0.29) is 24.8 Å². The van der Waals surface area contributed by atoms with Crippen LogP contribution in [0.4, 0.5) is 13.2 Å². The van der Waals surface area contributed by atoms with Gasteiger partial charge in [-0.25, -0.2) is 0 Å². The molecule has 2 aromatic rings. The van der Waals surface area contributed by atoms with Crippen LogP contribution in [-0.4, -0.2) is 29.8 Å². The molecule has 1 aliphatic rings. The van der Waals surface area contributed by atoms with Crippen LogP contribution in [0, 0.1) is 0 Å². The summed E-state index contributed by atoms with van der Waals surface area (Å²) in [6.07, 6.45) is -2.83. The monoisotopic (exact) mass is 438 g/mol. The van der Waals surface area contributed by atoms with Gasteiger partial charge in [0, 0.05) is 31.0 Å². The van der Waals surface area contributed by atoms with E-state index in [0.29, 0.717) is 36.4 Å². The Kier molecular flexibility index (Phi) is 7.02. The standard InChI is InChI=1S/C22H22ClF3N2O2/c23-18-8-2-1-5-15(18)10-11-20(29)27-19(14-28-12-4-9-21(28)30)16-6-3-7-17(13-16)22(24,25)26/h1-3,5-8,13,19H,4,9-12,14H2,(H,27,29). The summed E-state index contributed by atoms with van der Waals surface area (Å²) in [5.74, 6) is -0.374. The maximum Gasteiger partial charge on any atom is 0.416 e. The van der Waals surface area contributed by atoms with Crippen LogP contribution < -0.4 is 5.32 Å². The topological polar surface area (TPSA) is 49.4 Å². The third-order valence-corrected chi connectivity index (χ3v) is 5.47. The van der Waals surface area contributed by atoms with Crippen LogP contribution in [0.5, 0.6) is 0 Å². The van der Waals surface area contributed by atoms with Crippen molar-refractivity contribution in [2.45, 2.75) is 37.9 Å². The lowest BCUT2D eigenvalue weighted by Crippen LogP contribution is -2.38. The van der Waals surface area contributed by atoms with Crippen molar-refractivity contribution in [2.24, 2.45) is 0 Å². The first-order valence-corrected chi connectivity index (χ1v) is 10.1. The van der Waals surface area contributed by atoms with Crippen LogP contribution in [0.1, 0.15) is 42.0 Å². The van der Waals surface area contributed by atoms with Crippen LogP contribution in [0.2, 0.25) is 5.02 Å². The average Bonchev–Trinajstić information content (AvgIpc) is 3.11. The molecule has 1 heterocycles. The van der Waals surface area contributed by atoms with Crippen molar-refractivity contribution in [3.63, 3.8) is 0 Å². The van der Waals surface area contributed by atoms with Gasteiger partial charge in [-0.05, 0) is 42.2 Å². The van der Waals surface area contributed by atoms with Crippen molar-refractivity contribution in [2.75, 3.05) is 13.1 Å². The molecule has 1 N–H and O–H groups in total. The summed E-state index contributed by atoms with van der Waals surface area (Å²) in [6.45, 7) is 0.668. The van der Waals surface area contributed by atoms with Crippen molar-refractivity contribution in [3.8, 4) is 0 Å². The van der Waals surface area contributed by atoms with Gasteiger partial charge >= 0.3 is 6.18 Å². The zero-order chi connectivity index (χ0) is 21.7. The van der Waals surface area contributed by atoms with E-state index >= 15 is 0 Å². The molecule has 4 nitrogen and oxygen atoms in total. The van der Waals surface area contributed by atoms with Crippen LogP contribution in [-0.2, 0) is 22.2 Å². The minimum atomic E-state index is -4.49. The van der Waals surface area contributed by atoms with Crippen LogP contribution in [0.25, 0.3) is 0 Å². The summed E-state index contributed by atoms with van der Waals surface area (Å²) in [4.78, 5) is 26.2. The molecule has 1 atom stereocenters. The number of likely N-dealkylation sites (tertiary alicyclic amines) is 1. The number of hydrogen-bond donors (Lipinski definition) is 1. The third kappa shape index (κ3) is 5.75. The number of nitrogens with one attached hydrogen (secondary N) is 1. The van der Waals surface area contributed by atoms with Gasteiger partial charge in [0.25, 0.3) is 0 Å². The molecule has 160 valence electrons. The smallest absolute Gasteiger partial charge is 0.347 e. The number of benzene rings is 2. The Morgan fingerprint density at radius 2 is 1.93 bits per heavy atom. The first-order chi connectivity index (χ1) is 14.2. The highest BCUT2D eigenvalue weighted by atomic mass is 35.5. The molecule has 0 bridgehead atoms. The number of hydrogen-bond acceptors (Lipinski definition) is 2. The van der Waals surface area contributed by atoms with E-state index in [4.69, 9.17) is 11.6 Å². The molecule has 0 spiro atoms. The van der Waals surface area contributed by atoms with Crippen molar-refractivity contribution in [1.82, 2.24) is 10.2 Å². The fourth-order valence-corrected chi connectivity index (χ4v) is 3.73. The number of amides is 2. The van der Waals surface area contributed by atoms with Gasteiger partial charge in [0.1, 0.15) is 0 Å². The average molecular weight is 439 g/mol. The van der Waals surface area contributed by atoms with E-state index in [2.05, 4.69) is 5.32 Å². The van der Waals surface area contributed by atoms with Crippen molar-refractivity contribution in [1.29, 1.82) is 0 Å². The SMILES string of the molecule is O=C(CCc1ccccc1Cl)NC(CN1CCCC1=O)c1cccc(C(F)(F)F)c1. The fraction of sp³-hybridized carbons (Fsp3) is 0.364. The molecule has 2 aromatic carbocycles. The molecule has 1 aliphatic heterocycles. The molecule has 8 heteroatoms. The number of alkyl halides is 3. The molecule has 3 rings (SSSR count). The molecule has 1 saturated heterocycles. The van der Waals surface area contributed by atoms with Gasteiger partial charge in [0.15, 0.2) is 0 Å². The lowest BCUT2D eigenvalue weighted by Gasteiger charge is -2.26. The predicted octanol–water partition coefficient (Wildman–Crippen LogP) is 4.77. The minimum Gasteiger partial charge on any atom is -0.347 e. The van der Waals surface area contributed by atoms with Crippen LogP contribution in [0.3, 0.4) is 0 Å². The number of halogens is 4. The molecule has 2 amide bonds. The Labute approximate surface area is 178 Å². The lowest BCUT2D eigenvalue weighted by atomic mass is 10.0. The lowest BCUT2D eigenvalue weighted by molar-refractivity contribution is -0.137. The van der Waals surface area contributed by atoms with E-state index in [1.165, 1.54) is 12.1 Å². The summed E-state index contributed by atoms with van der Waals surface area (Å²) in [7, 11) is 0. The minimum absolute atomic E-state index is 0.0581. The Bertz CT molecular complexity index is 917. The van der Waals surface area contributed by atoms with E-state index in [0.717, 1.165) is 17.7 Å². The summed E-state index contributed by atoms with van der Waals surface area (Å²) in [6, 6.07) is 11.3. The highest BCUT2D eigenvalue weighted by molar-refractivity contribution is 6.31. The Morgan fingerprint density at radius 1 is 1.17 bits per heavy atom. The number of rotatable bonds is 7. The quantitative estimate of drug-likeness (QED) is 0.677. The zero-order valence-electron chi connectivity index (χ0n) is 16.2. The highest BCUT2D eigenvalue weighted by Gasteiger charge is 2.32. The summed E-state index contributed by atoms with van der Waals surface area (Å²) in [5, 5.41) is 3.36. The molecule has 1 unspecified atom stereocenters. The Hall–Kier alpha value is -2.54. The van der Waals surface area contributed by atoms with Gasteiger partial charge in [0.05, 0.1) is 11.6 Å². The van der Waals surface area contributed by atoms with E-state index in [1.807, 2.05) is 12.1 Å². The molecule has 0 radical (unpaired) electrons. The molecule has 0 saturated carbocycles. The normalized spacial score (nSPS) is 15.3. The maximum atomic E-state index is 13.1. The second-order valence-corrected chi connectivity index (χ2v) is 7.69. The van der Waals surface area contributed by atoms with Crippen LogP contribution in [0.15, 0.2) is 48.5 Å². The van der Waals surface area contributed by atoms with Crippen molar-refractivity contribution < 1.29 is 22.8 Å². The predicted molar refractivity (Wildman–Crippen MR) is 108 cm³/mol. The van der Waals surface area contributed by atoms with Gasteiger partial charge in [-0.3, -0.25) is 9.59 Å². The van der Waals surface area contributed by atoms with E-state index in [1.54, 1.807) is 17.0 Å². The van der Waals surface area contributed by atoms with E-state index < -0.39 is 17.8 Å². The molecule has 1 fully saturated rings. The van der Waals surface area contributed by atoms with Gasteiger partial charge in [-0.1, -0.05) is 41.9 Å². The van der Waals surface area contributed by atoms with Crippen LogP contribution >= 0.6 is 11.6 Å². The van der Waals surface area contributed by atoms with Crippen molar-refractivity contribution >= 4 is 23.4 Å². The molecule has 30 heavy (non-hydrogen) atoms. The van der Waals surface area contributed by atoms with Gasteiger partial charge < -0.3 is 10.2 Å². The number of carbonyl (C=O) groups excluding carboxylic acids is 2. The second-order valence-electron chi connectivity index (χ2n) is 7.28. The largest absolute Gasteiger partial charge is 0.416 e. The van der Waals surface area contributed by atoms with Crippen molar-refractivity contribution in [3.05, 3.63) is 70.2 Å². The van der Waals surface area contributed by atoms with Gasteiger partial charge in [-0.15, -0.1) is 0 Å². The molecule has 0 aromatic heterocycles. The van der Waals surface area contributed by atoms with Gasteiger partial charge in [0.2, 0.25) is 11.8 Å². The summed E-state index contributed by atoms with van der Waals surface area (Å²) >= 11 is 6.12. The first kappa shape index (κ1) is 22.2. The van der Waals surface area contributed by atoms with Gasteiger partial charge in [-0.2, -0.15) is 13.2 Å². The number of aryl methyl sites for hydroxylation is 1. The first-order valence-electron chi connectivity index (χ1n) is 9.72. The second kappa shape index (κ2) is 9.51. The number of carbonyl (C=O) groups is 2. The summed E-state index contributed by atoms with van der Waals surface area (Å²) < 4.78 is 39.4. The summed E-state index contributed by atoms with van der Waals surface area (Å²) in [5.41, 5.74) is 0.346. The highest BCUT2D eigenvalue weighted by Crippen LogP contribution is 2.31. The number of nitrogens with zero attached hydrogens (tertiary/aromatic N) is 1. The Morgan fingerprint density at radius 3 is 2.60 bits per heavy atom. The third-order valence-electron chi connectivity index (χ3n) is 5.11. The fourth-order valence-electron chi connectivity index (χ4n) is 3.50. The zero-order valence-corrected chi connectivity index (χ0v) is 17.0. The molecular weight excluding hydrogens is 417 g/mol. The maximum absolute atomic E-state index is 13.1. The Balaban J connectivity index is 1.75. The van der Waals surface area contributed by atoms with E-state index in [9.17, 15) is 22.8 Å².